The lowest BCUT2D eigenvalue weighted by Gasteiger charge is -2.13. The highest BCUT2D eigenvalue weighted by molar-refractivity contribution is 6.04. The van der Waals surface area contributed by atoms with E-state index in [2.05, 4.69) is 25.2 Å². The zero-order valence-electron chi connectivity index (χ0n) is 17.6. The predicted molar refractivity (Wildman–Crippen MR) is 117 cm³/mol. The van der Waals surface area contributed by atoms with Gasteiger partial charge in [-0.15, -0.1) is 0 Å². The van der Waals surface area contributed by atoms with E-state index in [9.17, 15) is 4.79 Å². The van der Waals surface area contributed by atoms with Gasteiger partial charge in [-0.25, -0.2) is 0 Å². The minimum atomic E-state index is -0.162. The van der Waals surface area contributed by atoms with Crippen molar-refractivity contribution in [3.63, 3.8) is 0 Å². The Hall–Kier alpha value is -3.27. The third-order valence-electron chi connectivity index (χ3n) is 4.89. The molecule has 0 aliphatic heterocycles. The second kappa shape index (κ2) is 8.82. The SMILES string of the molecule is COc1ccc(C(=O)Nc2cc(C)cc(C)c2)cc1COc1ccc(C)c(C)c1. The van der Waals surface area contributed by atoms with Crippen LogP contribution >= 0.6 is 0 Å². The number of carbonyl (C=O) groups is 1. The van der Waals surface area contributed by atoms with Crippen LogP contribution in [0, 0.1) is 27.7 Å². The number of hydrogen-bond donors (Lipinski definition) is 1. The number of aryl methyl sites for hydroxylation is 4. The van der Waals surface area contributed by atoms with E-state index >= 15 is 0 Å². The van der Waals surface area contributed by atoms with Gasteiger partial charge in [0.25, 0.3) is 5.91 Å². The third kappa shape index (κ3) is 5.17. The second-order valence-electron chi connectivity index (χ2n) is 7.39. The molecule has 0 saturated carbocycles. The Balaban J connectivity index is 1.78. The predicted octanol–water partition coefficient (Wildman–Crippen LogP) is 5.76. The number of hydrogen-bond acceptors (Lipinski definition) is 3. The first-order valence-corrected chi connectivity index (χ1v) is 9.62. The first-order chi connectivity index (χ1) is 13.9. The lowest BCUT2D eigenvalue weighted by Crippen LogP contribution is -2.13. The Morgan fingerprint density at radius 1 is 0.862 bits per heavy atom. The van der Waals surface area contributed by atoms with Crippen molar-refractivity contribution in [3.8, 4) is 11.5 Å². The lowest BCUT2D eigenvalue weighted by molar-refractivity contribution is 0.102. The average molecular weight is 389 g/mol. The normalized spacial score (nSPS) is 10.5. The number of ether oxygens (including phenoxy) is 2. The molecule has 0 aliphatic rings. The zero-order chi connectivity index (χ0) is 21.0. The van der Waals surface area contributed by atoms with Crippen LogP contribution in [0.15, 0.2) is 54.6 Å². The molecule has 0 heterocycles. The summed E-state index contributed by atoms with van der Waals surface area (Å²) in [6.45, 7) is 8.47. The monoisotopic (exact) mass is 389 g/mol. The first-order valence-electron chi connectivity index (χ1n) is 9.62. The third-order valence-corrected chi connectivity index (χ3v) is 4.89. The molecule has 0 aromatic heterocycles. The summed E-state index contributed by atoms with van der Waals surface area (Å²) in [6.07, 6.45) is 0. The Bertz CT molecular complexity index is 1020. The Morgan fingerprint density at radius 2 is 1.59 bits per heavy atom. The van der Waals surface area contributed by atoms with Crippen molar-refractivity contribution in [3.05, 3.63) is 88.0 Å². The van der Waals surface area contributed by atoms with Gasteiger partial charge in [-0.2, -0.15) is 0 Å². The van der Waals surface area contributed by atoms with Crippen LogP contribution in [0.4, 0.5) is 5.69 Å². The van der Waals surface area contributed by atoms with Crippen molar-refractivity contribution in [2.24, 2.45) is 0 Å². The number of anilines is 1. The molecule has 29 heavy (non-hydrogen) atoms. The molecule has 0 radical (unpaired) electrons. The Labute approximate surface area is 172 Å². The number of rotatable bonds is 6. The van der Waals surface area contributed by atoms with E-state index in [0.717, 1.165) is 28.1 Å². The van der Waals surface area contributed by atoms with E-state index in [1.54, 1.807) is 19.2 Å². The largest absolute Gasteiger partial charge is 0.496 e. The first kappa shape index (κ1) is 20.5. The number of nitrogens with one attached hydrogen (secondary N) is 1. The van der Waals surface area contributed by atoms with Crippen LogP contribution in [-0.4, -0.2) is 13.0 Å². The summed E-state index contributed by atoms with van der Waals surface area (Å²) < 4.78 is 11.4. The fourth-order valence-corrected chi connectivity index (χ4v) is 3.25. The summed E-state index contributed by atoms with van der Waals surface area (Å²) in [4.78, 5) is 12.8. The highest BCUT2D eigenvalue weighted by Gasteiger charge is 2.12. The van der Waals surface area contributed by atoms with Gasteiger partial charge in [-0.05, 0) is 92.4 Å². The molecule has 4 heteroatoms. The summed E-state index contributed by atoms with van der Waals surface area (Å²) in [5, 5.41) is 2.97. The molecule has 0 saturated heterocycles. The van der Waals surface area contributed by atoms with Gasteiger partial charge in [-0.1, -0.05) is 12.1 Å². The molecule has 150 valence electrons. The van der Waals surface area contributed by atoms with Crippen LogP contribution in [0.25, 0.3) is 0 Å². The summed E-state index contributed by atoms with van der Waals surface area (Å²) in [5.74, 6) is 1.32. The van der Waals surface area contributed by atoms with Crippen LogP contribution in [0.1, 0.15) is 38.2 Å². The molecule has 0 spiro atoms. The minimum absolute atomic E-state index is 0.162. The maximum absolute atomic E-state index is 12.8. The topological polar surface area (TPSA) is 47.6 Å². The van der Waals surface area contributed by atoms with Crippen LogP contribution in [0.5, 0.6) is 11.5 Å². The fourth-order valence-electron chi connectivity index (χ4n) is 3.25. The highest BCUT2D eigenvalue weighted by atomic mass is 16.5. The van der Waals surface area contributed by atoms with Crippen molar-refractivity contribution >= 4 is 11.6 Å². The number of methoxy groups -OCH3 is 1. The van der Waals surface area contributed by atoms with Crippen molar-refractivity contribution in [2.45, 2.75) is 34.3 Å². The molecule has 0 unspecified atom stereocenters. The molecule has 0 bridgehead atoms. The van der Waals surface area contributed by atoms with Crippen LogP contribution < -0.4 is 14.8 Å². The quantitative estimate of drug-likeness (QED) is 0.583. The fraction of sp³-hybridized carbons (Fsp3) is 0.240. The van der Waals surface area contributed by atoms with Crippen molar-refractivity contribution < 1.29 is 14.3 Å². The van der Waals surface area contributed by atoms with E-state index in [1.807, 2.05) is 50.2 Å². The lowest BCUT2D eigenvalue weighted by atomic mass is 10.1. The summed E-state index contributed by atoms with van der Waals surface area (Å²) in [7, 11) is 1.62. The Kier molecular flexibility index (Phi) is 6.23. The van der Waals surface area contributed by atoms with E-state index in [0.29, 0.717) is 17.9 Å². The second-order valence-corrected chi connectivity index (χ2v) is 7.39. The van der Waals surface area contributed by atoms with Gasteiger partial charge in [0.15, 0.2) is 0 Å². The highest BCUT2D eigenvalue weighted by Crippen LogP contribution is 2.24. The molecule has 4 nitrogen and oxygen atoms in total. The van der Waals surface area contributed by atoms with Crippen LogP contribution in [0.2, 0.25) is 0 Å². The maximum Gasteiger partial charge on any atom is 0.255 e. The summed E-state index contributed by atoms with van der Waals surface area (Å²) >= 11 is 0. The van der Waals surface area contributed by atoms with Gasteiger partial charge < -0.3 is 14.8 Å². The molecule has 3 aromatic rings. The molecule has 1 amide bonds. The van der Waals surface area contributed by atoms with Crippen LogP contribution in [-0.2, 0) is 6.61 Å². The van der Waals surface area contributed by atoms with E-state index in [4.69, 9.17) is 9.47 Å². The average Bonchev–Trinajstić information content (AvgIpc) is 2.67. The van der Waals surface area contributed by atoms with Crippen molar-refractivity contribution in [1.82, 2.24) is 0 Å². The van der Waals surface area contributed by atoms with E-state index in [-0.39, 0.29) is 5.91 Å². The zero-order valence-corrected chi connectivity index (χ0v) is 17.6. The van der Waals surface area contributed by atoms with Gasteiger partial charge in [0.1, 0.15) is 18.1 Å². The number of amides is 1. The van der Waals surface area contributed by atoms with Gasteiger partial charge in [-0.3, -0.25) is 4.79 Å². The van der Waals surface area contributed by atoms with Gasteiger partial charge >= 0.3 is 0 Å². The van der Waals surface area contributed by atoms with E-state index in [1.165, 1.54) is 11.1 Å². The molecule has 0 aliphatic carbocycles. The molecule has 1 N–H and O–H groups in total. The van der Waals surface area contributed by atoms with Gasteiger partial charge in [0.05, 0.1) is 7.11 Å². The molecular weight excluding hydrogens is 362 g/mol. The number of carbonyl (C=O) groups excluding carboxylic acids is 1. The minimum Gasteiger partial charge on any atom is -0.496 e. The summed E-state index contributed by atoms with van der Waals surface area (Å²) in [6, 6.07) is 17.4. The van der Waals surface area contributed by atoms with Gasteiger partial charge in [0, 0.05) is 16.8 Å². The summed E-state index contributed by atoms with van der Waals surface area (Å²) in [5.41, 5.74) is 6.78. The van der Waals surface area contributed by atoms with Crippen molar-refractivity contribution in [1.29, 1.82) is 0 Å². The molecular formula is C25H27NO3. The molecule has 0 atom stereocenters. The molecule has 3 rings (SSSR count). The number of benzene rings is 3. The Morgan fingerprint density at radius 3 is 2.24 bits per heavy atom. The standard InChI is InChI=1S/C25H27NO3/c1-16-10-17(2)12-22(11-16)26-25(27)20-7-9-24(28-5)21(14-20)15-29-23-8-6-18(3)19(4)13-23/h6-14H,15H2,1-5H3,(H,26,27). The van der Waals surface area contributed by atoms with Crippen LogP contribution in [0.3, 0.4) is 0 Å². The molecule has 3 aromatic carbocycles. The van der Waals surface area contributed by atoms with Gasteiger partial charge in [0.2, 0.25) is 0 Å². The molecule has 0 fully saturated rings. The van der Waals surface area contributed by atoms with Crippen molar-refractivity contribution in [2.75, 3.05) is 12.4 Å². The maximum atomic E-state index is 12.8. The smallest absolute Gasteiger partial charge is 0.255 e. The van der Waals surface area contributed by atoms with E-state index < -0.39 is 0 Å².